The van der Waals surface area contributed by atoms with Crippen molar-refractivity contribution in [1.29, 1.82) is 0 Å². The van der Waals surface area contributed by atoms with Gasteiger partial charge in [-0.15, -0.1) is 0 Å². The number of hydrogen-bond donors (Lipinski definition) is 1. The van der Waals surface area contributed by atoms with Gasteiger partial charge in [0.05, 0.1) is 5.69 Å². The Morgan fingerprint density at radius 2 is 1.61 bits per heavy atom. The van der Waals surface area contributed by atoms with Crippen LogP contribution < -0.4 is 10.2 Å². The molecule has 1 aliphatic heterocycles. The van der Waals surface area contributed by atoms with Crippen LogP contribution in [0, 0.1) is 5.82 Å². The van der Waals surface area contributed by atoms with Crippen molar-refractivity contribution in [3.05, 3.63) is 89.5 Å². The number of rotatable bonds is 4. The van der Waals surface area contributed by atoms with Crippen LogP contribution in [-0.4, -0.2) is 21.5 Å². The largest absolute Gasteiger partial charge is 0.317 e. The Hall–Kier alpha value is -3.58. The van der Waals surface area contributed by atoms with E-state index in [-0.39, 0.29) is 16.5 Å². The molecular weight excluding hydrogens is 413 g/mol. The zero-order valence-corrected chi connectivity index (χ0v) is 17.8. The molecule has 2 amide bonds. The van der Waals surface area contributed by atoms with Gasteiger partial charge < -0.3 is 4.57 Å². The number of aromatic nitrogens is 1. The number of amides is 2. The maximum Gasteiger partial charge on any atom is 0.270 e. The quantitative estimate of drug-likeness (QED) is 0.373. The number of nitrogens with zero attached hydrogens (tertiary/aromatic N) is 2. The van der Waals surface area contributed by atoms with Crippen LogP contribution in [0.2, 0.25) is 0 Å². The number of halogens is 1. The molecule has 1 fully saturated rings. The average molecular weight is 434 g/mol. The Kier molecular flexibility index (Phi) is 5.52. The van der Waals surface area contributed by atoms with E-state index in [2.05, 4.69) is 19.2 Å². The minimum Gasteiger partial charge on any atom is -0.317 e. The topological polar surface area (TPSA) is 54.3 Å². The van der Waals surface area contributed by atoms with Gasteiger partial charge in [0.1, 0.15) is 11.4 Å². The summed E-state index contributed by atoms with van der Waals surface area (Å²) in [5.41, 5.74) is 2.99. The number of benzene rings is 2. The summed E-state index contributed by atoms with van der Waals surface area (Å²) >= 11 is 5.27. The minimum absolute atomic E-state index is 0.0383. The van der Waals surface area contributed by atoms with E-state index in [4.69, 9.17) is 12.2 Å². The third kappa shape index (κ3) is 4.04. The van der Waals surface area contributed by atoms with Gasteiger partial charge in [0.2, 0.25) is 0 Å². The Morgan fingerprint density at radius 1 is 0.968 bits per heavy atom. The summed E-state index contributed by atoms with van der Waals surface area (Å²) in [6, 6.07) is 17.0. The normalized spacial score (nSPS) is 15.7. The lowest BCUT2D eigenvalue weighted by atomic mass is 10.0. The molecule has 156 valence electrons. The lowest BCUT2D eigenvalue weighted by molar-refractivity contribution is -0.122. The predicted octanol–water partition coefficient (Wildman–Crippen LogP) is 4.57. The molecule has 0 aliphatic carbocycles. The fourth-order valence-corrected chi connectivity index (χ4v) is 3.68. The van der Waals surface area contributed by atoms with Crippen LogP contribution >= 0.6 is 12.2 Å². The number of carbonyl (C=O) groups is 2. The lowest BCUT2D eigenvalue weighted by Crippen LogP contribution is -2.54. The second-order valence-electron chi connectivity index (χ2n) is 7.48. The van der Waals surface area contributed by atoms with Crippen molar-refractivity contribution in [2.45, 2.75) is 19.8 Å². The summed E-state index contributed by atoms with van der Waals surface area (Å²) in [6.07, 6.45) is 3.29. The van der Waals surface area contributed by atoms with Gasteiger partial charge in [-0.3, -0.25) is 19.8 Å². The molecule has 2 heterocycles. The van der Waals surface area contributed by atoms with Crippen molar-refractivity contribution >= 4 is 40.9 Å². The summed E-state index contributed by atoms with van der Waals surface area (Å²) in [4.78, 5) is 27.1. The first-order chi connectivity index (χ1) is 14.8. The van der Waals surface area contributed by atoms with E-state index in [0.29, 0.717) is 23.0 Å². The number of hydrogen-bond acceptors (Lipinski definition) is 3. The minimum atomic E-state index is -0.558. The van der Waals surface area contributed by atoms with Crippen molar-refractivity contribution in [3.8, 4) is 5.69 Å². The van der Waals surface area contributed by atoms with Gasteiger partial charge in [-0.05, 0) is 78.3 Å². The first-order valence-corrected chi connectivity index (χ1v) is 10.2. The van der Waals surface area contributed by atoms with Crippen molar-refractivity contribution in [1.82, 2.24) is 9.88 Å². The Bertz CT molecular complexity index is 1190. The van der Waals surface area contributed by atoms with Crippen molar-refractivity contribution < 1.29 is 14.0 Å². The molecule has 1 saturated heterocycles. The van der Waals surface area contributed by atoms with Crippen molar-refractivity contribution in [2.24, 2.45) is 0 Å². The van der Waals surface area contributed by atoms with Gasteiger partial charge in [0.15, 0.2) is 5.11 Å². The van der Waals surface area contributed by atoms with Crippen LogP contribution in [-0.2, 0) is 9.59 Å². The molecule has 2 aromatic carbocycles. The molecule has 0 saturated carbocycles. The van der Waals surface area contributed by atoms with Gasteiger partial charge in [0, 0.05) is 17.6 Å². The second-order valence-corrected chi connectivity index (χ2v) is 7.87. The smallest absolute Gasteiger partial charge is 0.270 e. The molecule has 0 atom stereocenters. The van der Waals surface area contributed by atoms with Crippen molar-refractivity contribution in [2.75, 3.05) is 4.90 Å². The molecule has 0 spiro atoms. The highest BCUT2D eigenvalue weighted by Gasteiger charge is 2.34. The van der Waals surface area contributed by atoms with Crippen LogP contribution in [0.15, 0.2) is 72.4 Å². The first kappa shape index (κ1) is 20.7. The molecule has 0 bridgehead atoms. The van der Waals surface area contributed by atoms with Crippen molar-refractivity contribution in [3.63, 3.8) is 0 Å². The van der Waals surface area contributed by atoms with Gasteiger partial charge in [-0.1, -0.05) is 26.0 Å². The molecule has 1 N–H and O–H groups in total. The summed E-state index contributed by atoms with van der Waals surface area (Å²) in [5, 5.41) is 2.64. The van der Waals surface area contributed by atoms with Crippen LogP contribution in [0.25, 0.3) is 11.8 Å². The molecule has 31 heavy (non-hydrogen) atoms. The Morgan fingerprint density at radius 3 is 2.26 bits per heavy atom. The van der Waals surface area contributed by atoms with Crippen LogP contribution in [0.5, 0.6) is 0 Å². The fraction of sp³-hybridized carbons (Fsp3) is 0.125. The summed E-state index contributed by atoms with van der Waals surface area (Å²) in [7, 11) is 0. The number of anilines is 1. The SMILES string of the molecule is CC(C)c1ccc(N2C(=O)/C(=C/c3cccn3-c3ccc(F)cc3)C(=O)NC2=S)cc1. The van der Waals surface area contributed by atoms with Crippen LogP contribution in [0.4, 0.5) is 10.1 Å². The molecule has 0 radical (unpaired) electrons. The van der Waals surface area contributed by atoms with E-state index < -0.39 is 11.8 Å². The lowest BCUT2D eigenvalue weighted by Gasteiger charge is -2.29. The molecule has 7 heteroatoms. The van der Waals surface area contributed by atoms with E-state index in [0.717, 1.165) is 5.56 Å². The van der Waals surface area contributed by atoms with E-state index >= 15 is 0 Å². The average Bonchev–Trinajstić information content (AvgIpc) is 3.20. The highest BCUT2D eigenvalue weighted by atomic mass is 32.1. The fourth-order valence-electron chi connectivity index (χ4n) is 3.40. The molecule has 1 aromatic heterocycles. The molecule has 3 aromatic rings. The molecule has 0 unspecified atom stereocenters. The van der Waals surface area contributed by atoms with Gasteiger partial charge in [0.25, 0.3) is 11.8 Å². The molecule has 4 rings (SSSR count). The van der Waals surface area contributed by atoms with E-state index in [9.17, 15) is 14.0 Å². The van der Waals surface area contributed by atoms with Crippen LogP contribution in [0.1, 0.15) is 31.0 Å². The van der Waals surface area contributed by atoms with E-state index in [1.165, 1.54) is 23.1 Å². The van der Waals surface area contributed by atoms with Gasteiger partial charge >= 0.3 is 0 Å². The number of nitrogens with one attached hydrogen (secondary N) is 1. The predicted molar refractivity (Wildman–Crippen MR) is 122 cm³/mol. The highest BCUT2D eigenvalue weighted by Crippen LogP contribution is 2.25. The molecule has 1 aliphatic rings. The maximum atomic E-state index is 13.3. The monoisotopic (exact) mass is 433 g/mol. The Labute approximate surface area is 184 Å². The third-order valence-electron chi connectivity index (χ3n) is 5.10. The zero-order valence-electron chi connectivity index (χ0n) is 17.0. The molecular formula is C24H20FN3O2S. The van der Waals surface area contributed by atoms with Gasteiger partial charge in [-0.2, -0.15) is 0 Å². The number of carbonyl (C=O) groups excluding carboxylic acids is 2. The first-order valence-electron chi connectivity index (χ1n) is 9.80. The third-order valence-corrected chi connectivity index (χ3v) is 5.38. The number of thiocarbonyl (C=S) groups is 1. The Balaban J connectivity index is 1.70. The second kappa shape index (κ2) is 8.28. The highest BCUT2D eigenvalue weighted by molar-refractivity contribution is 7.80. The van der Waals surface area contributed by atoms with E-state index in [1.54, 1.807) is 35.0 Å². The summed E-state index contributed by atoms with van der Waals surface area (Å²) in [5.74, 6) is -1.05. The van der Waals surface area contributed by atoms with E-state index in [1.807, 2.05) is 24.3 Å². The standard InChI is InChI=1S/C24H20FN3O2S/c1-15(2)16-5-9-19(10-6-16)28-23(30)21(22(29)26-24(28)31)14-20-4-3-13-27(20)18-11-7-17(25)8-12-18/h3-15H,1-2H3,(H,26,29,31)/b21-14+. The maximum absolute atomic E-state index is 13.3. The summed E-state index contributed by atoms with van der Waals surface area (Å²) < 4.78 is 15.0. The van der Waals surface area contributed by atoms with Crippen LogP contribution in [0.3, 0.4) is 0 Å². The molecule has 5 nitrogen and oxygen atoms in total. The summed E-state index contributed by atoms with van der Waals surface area (Å²) in [6.45, 7) is 4.17. The van der Waals surface area contributed by atoms with Gasteiger partial charge in [-0.25, -0.2) is 4.39 Å². The zero-order chi connectivity index (χ0) is 22.1.